The van der Waals surface area contributed by atoms with Gasteiger partial charge in [-0.25, -0.2) is 0 Å². The van der Waals surface area contributed by atoms with Gasteiger partial charge in [0, 0.05) is 31.3 Å². The Morgan fingerprint density at radius 3 is 3.00 bits per heavy atom. The third-order valence-corrected chi connectivity index (χ3v) is 3.31. The monoisotopic (exact) mass is 279 g/mol. The number of nitrogens with one attached hydrogen (secondary N) is 1. The second-order valence-corrected chi connectivity index (χ2v) is 4.92. The number of fused-ring (bicyclic) bond motifs is 1. The highest BCUT2D eigenvalue weighted by molar-refractivity contribution is 5.45. The van der Waals surface area contributed by atoms with Crippen molar-refractivity contribution in [2.75, 3.05) is 33.0 Å². The first-order valence-corrected chi connectivity index (χ1v) is 7.55. The fourth-order valence-corrected chi connectivity index (χ4v) is 2.26. The van der Waals surface area contributed by atoms with Crippen molar-refractivity contribution in [3.63, 3.8) is 0 Å². The molecule has 1 heterocycles. The minimum absolute atomic E-state index is 0.317. The molecule has 0 saturated heterocycles. The van der Waals surface area contributed by atoms with Gasteiger partial charge in [0.1, 0.15) is 18.1 Å². The lowest BCUT2D eigenvalue weighted by molar-refractivity contribution is 0.131. The molecule has 1 aliphatic heterocycles. The molecule has 1 atom stereocenters. The summed E-state index contributed by atoms with van der Waals surface area (Å²) in [5.41, 5.74) is 1.24. The molecule has 0 bridgehead atoms. The first kappa shape index (κ1) is 15.1. The molecule has 0 radical (unpaired) electrons. The minimum atomic E-state index is 0.317. The summed E-state index contributed by atoms with van der Waals surface area (Å²) in [5, 5.41) is 3.49. The number of rotatable bonds is 9. The zero-order valence-electron chi connectivity index (χ0n) is 12.5. The van der Waals surface area contributed by atoms with Crippen LogP contribution in [0.1, 0.15) is 38.3 Å². The normalized spacial score (nSPS) is 16.8. The zero-order chi connectivity index (χ0) is 14.2. The summed E-state index contributed by atoms with van der Waals surface area (Å²) in [5.74, 6) is 1.82. The van der Waals surface area contributed by atoms with E-state index < -0.39 is 0 Å². The van der Waals surface area contributed by atoms with E-state index in [1.54, 1.807) is 0 Å². The molecule has 0 aliphatic carbocycles. The summed E-state index contributed by atoms with van der Waals surface area (Å²) in [4.78, 5) is 0. The Morgan fingerprint density at radius 2 is 2.20 bits per heavy atom. The quantitative estimate of drug-likeness (QED) is 0.706. The minimum Gasteiger partial charge on any atom is -0.493 e. The van der Waals surface area contributed by atoms with Crippen molar-refractivity contribution in [2.24, 2.45) is 0 Å². The van der Waals surface area contributed by atoms with Gasteiger partial charge in [-0.05, 0) is 32.0 Å². The lowest BCUT2D eigenvalue weighted by Crippen LogP contribution is -2.22. The molecule has 1 aromatic carbocycles. The van der Waals surface area contributed by atoms with E-state index in [1.165, 1.54) is 5.56 Å². The molecule has 1 N–H and O–H groups in total. The molecule has 0 aromatic heterocycles. The van der Waals surface area contributed by atoms with Crippen LogP contribution < -0.4 is 14.8 Å². The summed E-state index contributed by atoms with van der Waals surface area (Å²) in [6.45, 7) is 8.09. The van der Waals surface area contributed by atoms with Gasteiger partial charge < -0.3 is 19.5 Å². The maximum Gasteiger partial charge on any atom is 0.127 e. The van der Waals surface area contributed by atoms with Crippen LogP contribution in [0.15, 0.2) is 18.2 Å². The van der Waals surface area contributed by atoms with Crippen LogP contribution >= 0.6 is 0 Å². The van der Waals surface area contributed by atoms with Gasteiger partial charge in [0.2, 0.25) is 0 Å². The van der Waals surface area contributed by atoms with Crippen molar-refractivity contribution in [3.8, 4) is 11.5 Å². The first-order valence-electron chi connectivity index (χ1n) is 7.55. The highest BCUT2D eigenvalue weighted by Crippen LogP contribution is 2.35. The number of hydrogen-bond acceptors (Lipinski definition) is 4. The molecule has 1 unspecified atom stereocenters. The fraction of sp³-hybridized carbons (Fsp3) is 0.625. The maximum absolute atomic E-state index is 5.73. The Kier molecular flexibility index (Phi) is 6.15. The molecular formula is C16H25NO3. The highest BCUT2D eigenvalue weighted by Gasteiger charge is 2.23. The lowest BCUT2D eigenvalue weighted by atomic mass is 10.1. The van der Waals surface area contributed by atoms with Crippen molar-refractivity contribution in [1.29, 1.82) is 0 Å². The number of hydrogen-bond donors (Lipinski definition) is 1. The van der Waals surface area contributed by atoms with Gasteiger partial charge in [-0.15, -0.1) is 0 Å². The molecule has 0 fully saturated rings. The fourth-order valence-electron chi connectivity index (χ4n) is 2.26. The zero-order valence-corrected chi connectivity index (χ0v) is 12.5. The topological polar surface area (TPSA) is 39.7 Å². The molecule has 0 saturated carbocycles. The molecule has 112 valence electrons. The van der Waals surface area contributed by atoms with Crippen molar-refractivity contribution in [2.45, 2.75) is 32.7 Å². The Labute approximate surface area is 121 Å². The Morgan fingerprint density at radius 1 is 1.30 bits per heavy atom. The van der Waals surface area contributed by atoms with E-state index in [-0.39, 0.29) is 0 Å². The van der Waals surface area contributed by atoms with Crippen LogP contribution in [0.25, 0.3) is 0 Å². The van der Waals surface area contributed by atoms with Crippen molar-refractivity contribution >= 4 is 0 Å². The van der Waals surface area contributed by atoms with Crippen LogP contribution in [0, 0.1) is 0 Å². The van der Waals surface area contributed by atoms with Gasteiger partial charge in [0.15, 0.2) is 0 Å². The molecule has 4 heteroatoms. The largest absolute Gasteiger partial charge is 0.493 e. The summed E-state index contributed by atoms with van der Waals surface area (Å²) < 4.78 is 16.7. The Balaban J connectivity index is 1.83. The Bertz CT molecular complexity index is 409. The molecule has 1 aromatic rings. The van der Waals surface area contributed by atoms with E-state index in [1.807, 2.05) is 19.1 Å². The van der Waals surface area contributed by atoms with Gasteiger partial charge in [-0.3, -0.25) is 0 Å². The standard InChI is InChI=1S/C16H25NO3/c1-3-8-17-15-12-20-16-11-13(6-7-14(15)16)19-10-5-9-18-4-2/h6-7,11,15,17H,3-5,8-10,12H2,1-2H3. The predicted molar refractivity (Wildman–Crippen MR) is 79.6 cm³/mol. The van der Waals surface area contributed by atoms with Gasteiger partial charge in [-0.2, -0.15) is 0 Å². The number of benzene rings is 1. The van der Waals surface area contributed by atoms with Crippen LogP contribution in [0.3, 0.4) is 0 Å². The summed E-state index contributed by atoms with van der Waals surface area (Å²) in [6, 6.07) is 6.43. The lowest BCUT2D eigenvalue weighted by Gasteiger charge is -2.11. The number of ether oxygens (including phenoxy) is 3. The maximum atomic E-state index is 5.73. The smallest absolute Gasteiger partial charge is 0.127 e. The van der Waals surface area contributed by atoms with Gasteiger partial charge in [0.25, 0.3) is 0 Å². The van der Waals surface area contributed by atoms with E-state index in [0.29, 0.717) is 19.3 Å². The second kappa shape index (κ2) is 8.12. The average molecular weight is 279 g/mol. The van der Waals surface area contributed by atoms with Crippen LogP contribution in [0.5, 0.6) is 11.5 Å². The third kappa shape index (κ3) is 4.12. The van der Waals surface area contributed by atoms with E-state index in [4.69, 9.17) is 14.2 Å². The molecule has 2 rings (SSSR count). The van der Waals surface area contributed by atoms with E-state index >= 15 is 0 Å². The third-order valence-electron chi connectivity index (χ3n) is 3.31. The summed E-state index contributed by atoms with van der Waals surface area (Å²) in [7, 11) is 0. The van der Waals surface area contributed by atoms with Crippen LogP contribution in [-0.4, -0.2) is 33.0 Å². The summed E-state index contributed by atoms with van der Waals surface area (Å²) in [6.07, 6.45) is 2.04. The van der Waals surface area contributed by atoms with Crippen molar-refractivity contribution in [3.05, 3.63) is 23.8 Å². The molecule has 0 spiro atoms. The SMILES string of the molecule is CCCNC1COc2cc(OCCCOCC)ccc21. The van der Waals surface area contributed by atoms with E-state index in [0.717, 1.165) is 44.1 Å². The average Bonchev–Trinajstić information content (AvgIpc) is 2.87. The van der Waals surface area contributed by atoms with Crippen LogP contribution in [0.2, 0.25) is 0 Å². The van der Waals surface area contributed by atoms with E-state index in [2.05, 4.69) is 18.3 Å². The highest BCUT2D eigenvalue weighted by atomic mass is 16.5. The predicted octanol–water partition coefficient (Wildman–Crippen LogP) is 2.93. The first-order chi connectivity index (χ1) is 9.85. The molecule has 4 nitrogen and oxygen atoms in total. The second-order valence-electron chi connectivity index (χ2n) is 4.92. The van der Waals surface area contributed by atoms with Crippen molar-refractivity contribution < 1.29 is 14.2 Å². The van der Waals surface area contributed by atoms with E-state index in [9.17, 15) is 0 Å². The van der Waals surface area contributed by atoms with Crippen LogP contribution in [0.4, 0.5) is 0 Å². The van der Waals surface area contributed by atoms with Crippen LogP contribution in [-0.2, 0) is 4.74 Å². The van der Waals surface area contributed by atoms with Gasteiger partial charge in [0.05, 0.1) is 12.6 Å². The molecule has 1 aliphatic rings. The van der Waals surface area contributed by atoms with Crippen molar-refractivity contribution in [1.82, 2.24) is 5.32 Å². The molecular weight excluding hydrogens is 254 g/mol. The molecule has 20 heavy (non-hydrogen) atoms. The molecule has 0 amide bonds. The van der Waals surface area contributed by atoms with Gasteiger partial charge >= 0.3 is 0 Å². The summed E-state index contributed by atoms with van der Waals surface area (Å²) >= 11 is 0. The Hall–Kier alpha value is -1.26. The van der Waals surface area contributed by atoms with Gasteiger partial charge in [-0.1, -0.05) is 6.92 Å².